The first-order valence-electron chi connectivity index (χ1n) is 9.39. The van der Waals surface area contributed by atoms with Crippen molar-refractivity contribution in [2.45, 2.75) is 18.1 Å². The van der Waals surface area contributed by atoms with Crippen LogP contribution in [-0.4, -0.2) is 39.5 Å². The molecule has 31 heavy (non-hydrogen) atoms. The normalized spacial score (nSPS) is 10.5. The van der Waals surface area contributed by atoms with Gasteiger partial charge in [-0.25, -0.2) is 4.79 Å². The number of benzene rings is 2. The number of hydrogen-bond donors (Lipinski definition) is 1. The lowest BCUT2D eigenvalue weighted by Gasteiger charge is -2.10. The Balaban J connectivity index is 1.67. The van der Waals surface area contributed by atoms with E-state index in [1.807, 2.05) is 34.9 Å². The third kappa shape index (κ3) is 5.96. The summed E-state index contributed by atoms with van der Waals surface area (Å²) in [5.74, 6) is 0.0962. The minimum absolute atomic E-state index is 0.0966. The molecule has 1 heterocycles. The average Bonchev–Trinajstić information content (AvgIpc) is 3.15. The number of ether oxygens (including phenoxy) is 1. The second-order valence-corrected chi connectivity index (χ2v) is 7.83. The van der Waals surface area contributed by atoms with E-state index in [2.05, 4.69) is 22.1 Å². The van der Waals surface area contributed by atoms with E-state index in [9.17, 15) is 9.59 Å². The first-order chi connectivity index (χ1) is 15.0. The fourth-order valence-electron chi connectivity index (χ4n) is 2.83. The number of carbonyl (C=O) groups is 2. The van der Waals surface area contributed by atoms with Crippen molar-refractivity contribution in [3.05, 3.63) is 83.2 Å². The molecule has 0 atom stereocenters. The monoisotopic (exact) mass is 456 g/mol. The standard InChI is InChI=1S/C22H21ClN4O3S/c1-3-11-27-19(12-15-7-5-4-6-8-15)25-26-22(27)31-14-20(28)24-18-13-16(21(29)30-2)9-10-17(18)23/h3-10,13H,1,11-12,14H2,2H3,(H,24,28). The molecule has 1 aromatic heterocycles. The Morgan fingerprint density at radius 2 is 2.00 bits per heavy atom. The molecule has 9 heteroatoms. The Hall–Kier alpha value is -3.10. The second-order valence-electron chi connectivity index (χ2n) is 6.48. The fraction of sp³-hybridized carbons (Fsp3) is 0.182. The average molecular weight is 457 g/mol. The third-order valence-electron chi connectivity index (χ3n) is 4.30. The van der Waals surface area contributed by atoms with E-state index in [-0.39, 0.29) is 11.7 Å². The third-order valence-corrected chi connectivity index (χ3v) is 5.60. The zero-order valence-electron chi connectivity index (χ0n) is 16.9. The summed E-state index contributed by atoms with van der Waals surface area (Å²) in [6, 6.07) is 14.5. The van der Waals surface area contributed by atoms with Gasteiger partial charge in [0, 0.05) is 13.0 Å². The summed E-state index contributed by atoms with van der Waals surface area (Å²) in [6.45, 7) is 4.33. The van der Waals surface area contributed by atoms with E-state index in [1.165, 1.54) is 37.1 Å². The molecule has 0 radical (unpaired) electrons. The molecule has 0 bridgehead atoms. The van der Waals surface area contributed by atoms with Gasteiger partial charge in [-0.2, -0.15) is 0 Å². The van der Waals surface area contributed by atoms with Crippen LogP contribution in [0.3, 0.4) is 0 Å². The SMILES string of the molecule is C=CCn1c(Cc2ccccc2)nnc1SCC(=O)Nc1cc(C(=O)OC)ccc1Cl. The molecule has 0 saturated heterocycles. The Morgan fingerprint density at radius 1 is 1.23 bits per heavy atom. The number of hydrogen-bond acceptors (Lipinski definition) is 6. The zero-order chi connectivity index (χ0) is 22.2. The first-order valence-corrected chi connectivity index (χ1v) is 10.8. The Labute approximate surface area is 189 Å². The lowest BCUT2D eigenvalue weighted by molar-refractivity contribution is -0.113. The van der Waals surface area contributed by atoms with Gasteiger partial charge in [0.1, 0.15) is 5.82 Å². The van der Waals surface area contributed by atoms with Gasteiger partial charge in [-0.1, -0.05) is 59.8 Å². The van der Waals surface area contributed by atoms with Gasteiger partial charge in [-0.15, -0.1) is 16.8 Å². The van der Waals surface area contributed by atoms with Crippen LogP contribution in [0.5, 0.6) is 0 Å². The summed E-state index contributed by atoms with van der Waals surface area (Å²) in [5, 5.41) is 12.2. The molecule has 1 amide bonds. The minimum Gasteiger partial charge on any atom is -0.465 e. The summed E-state index contributed by atoms with van der Waals surface area (Å²) in [4.78, 5) is 24.2. The first kappa shape index (κ1) is 22.6. The fourth-order valence-corrected chi connectivity index (χ4v) is 3.76. The Morgan fingerprint density at radius 3 is 2.71 bits per heavy atom. The van der Waals surface area contributed by atoms with Gasteiger partial charge >= 0.3 is 5.97 Å². The van der Waals surface area contributed by atoms with Gasteiger partial charge in [0.25, 0.3) is 0 Å². The molecule has 1 N–H and O–H groups in total. The van der Waals surface area contributed by atoms with Crippen LogP contribution in [0.2, 0.25) is 5.02 Å². The summed E-state index contributed by atoms with van der Waals surface area (Å²) in [6.07, 6.45) is 2.39. The highest BCUT2D eigenvalue weighted by Gasteiger charge is 2.15. The lowest BCUT2D eigenvalue weighted by atomic mass is 10.1. The number of esters is 1. The van der Waals surface area contributed by atoms with Crippen molar-refractivity contribution in [3.8, 4) is 0 Å². The smallest absolute Gasteiger partial charge is 0.337 e. The molecule has 0 aliphatic rings. The summed E-state index contributed by atoms with van der Waals surface area (Å²) in [7, 11) is 1.29. The van der Waals surface area contributed by atoms with Crippen molar-refractivity contribution < 1.29 is 14.3 Å². The number of amides is 1. The molecular weight excluding hydrogens is 436 g/mol. The molecule has 0 aliphatic heterocycles. The quantitative estimate of drug-likeness (QED) is 0.294. The number of allylic oxidation sites excluding steroid dienone is 1. The number of rotatable bonds is 9. The minimum atomic E-state index is -0.509. The lowest BCUT2D eigenvalue weighted by Crippen LogP contribution is -2.16. The van der Waals surface area contributed by atoms with Gasteiger partial charge in [0.15, 0.2) is 5.16 Å². The molecule has 3 rings (SSSR count). The number of halogens is 1. The maximum atomic E-state index is 12.5. The number of anilines is 1. The van der Waals surface area contributed by atoms with Gasteiger partial charge in [0.05, 0.1) is 29.1 Å². The van der Waals surface area contributed by atoms with Crippen LogP contribution in [0.15, 0.2) is 66.3 Å². The summed E-state index contributed by atoms with van der Waals surface area (Å²) < 4.78 is 6.63. The molecule has 160 valence electrons. The number of carbonyl (C=O) groups excluding carboxylic acids is 2. The van der Waals surface area contributed by atoms with Crippen LogP contribution in [0, 0.1) is 0 Å². The number of nitrogens with zero attached hydrogens (tertiary/aromatic N) is 3. The Kier molecular flexibility index (Phi) is 7.86. The highest BCUT2D eigenvalue weighted by molar-refractivity contribution is 7.99. The largest absolute Gasteiger partial charge is 0.465 e. The number of methoxy groups -OCH3 is 1. The van der Waals surface area contributed by atoms with Crippen LogP contribution < -0.4 is 5.32 Å². The zero-order valence-corrected chi connectivity index (χ0v) is 18.4. The van der Waals surface area contributed by atoms with Crippen molar-refractivity contribution in [3.63, 3.8) is 0 Å². The van der Waals surface area contributed by atoms with Crippen molar-refractivity contribution in [1.82, 2.24) is 14.8 Å². The van der Waals surface area contributed by atoms with Crippen molar-refractivity contribution in [2.75, 3.05) is 18.2 Å². The van der Waals surface area contributed by atoms with E-state index in [0.717, 1.165) is 11.4 Å². The Bertz CT molecular complexity index is 1090. The highest BCUT2D eigenvalue weighted by Crippen LogP contribution is 2.25. The van der Waals surface area contributed by atoms with Crippen LogP contribution in [-0.2, 0) is 22.5 Å². The van der Waals surface area contributed by atoms with E-state index in [0.29, 0.717) is 34.4 Å². The molecular formula is C22H21ClN4O3S. The summed E-state index contributed by atoms with van der Waals surface area (Å²) >= 11 is 7.40. The summed E-state index contributed by atoms with van der Waals surface area (Å²) in [5.41, 5.74) is 1.76. The highest BCUT2D eigenvalue weighted by atomic mass is 35.5. The van der Waals surface area contributed by atoms with E-state index < -0.39 is 5.97 Å². The molecule has 0 saturated carbocycles. The van der Waals surface area contributed by atoms with E-state index in [4.69, 9.17) is 16.3 Å². The maximum absolute atomic E-state index is 12.5. The topological polar surface area (TPSA) is 86.1 Å². The molecule has 0 spiro atoms. The van der Waals surface area contributed by atoms with Crippen LogP contribution in [0.25, 0.3) is 0 Å². The van der Waals surface area contributed by atoms with E-state index >= 15 is 0 Å². The van der Waals surface area contributed by atoms with Gasteiger partial charge in [0.2, 0.25) is 5.91 Å². The van der Waals surface area contributed by atoms with Crippen LogP contribution >= 0.6 is 23.4 Å². The molecule has 3 aromatic rings. The van der Waals surface area contributed by atoms with Gasteiger partial charge in [-0.05, 0) is 23.8 Å². The van der Waals surface area contributed by atoms with Gasteiger partial charge < -0.3 is 14.6 Å². The van der Waals surface area contributed by atoms with E-state index in [1.54, 1.807) is 6.08 Å². The molecule has 0 aliphatic carbocycles. The maximum Gasteiger partial charge on any atom is 0.337 e. The second kappa shape index (κ2) is 10.8. The number of nitrogens with one attached hydrogen (secondary N) is 1. The predicted octanol–water partition coefficient (Wildman–Crippen LogP) is 4.23. The van der Waals surface area contributed by atoms with Crippen LogP contribution in [0.4, 0.5) is 5.69 Å². The van der Waals surface area contributed by atoms with Crippen molar-refractivity contribution in [2.24, 2.45) is 0 Å². The molecule has 0 unspecified atom stereocenters. The van der Waals surface area contributed by atoms with Crippen molar-refractivity contribution >= 4 is 40.9 Å². The van der Waals surface area contributed by atoms with Crippen LogP contribution in [0.1, 0.15) is 21.7 Å². The van der Waals surface area contributed by atoms with Crippen molar-refractivity contribution in [1.29, 1.82) is 0 Å². The predicted molar refractivity (Wildman–Crippen MR) is 122 cm³/mol. The number of thioether (sulfide) groups is 1. The molecule has 0 fully saturated rings. The van der Waals surface area contributed by atoms with Gasteiger partial charge in [-0.3, -0.25) is 4.79 Å². The number of aromatic nitrogens is 3. The molecule has 2 aromatic carbocycles. The molecule has 7 nitrogen and oxygen atoms in total.